The van der Waals surface area contributed by atoms with Crippen LogP contribution in [0.1, 0.15) is 35.9 Å². The Kier molecular flexibility index (Phi) is 4.56. The highest BCUT2D eigenvalue weighted by molar-refractivity contribution is 6.42. The summed E-state index contributed by atoms with van der Waals surface area (Å²) in [4.78, 5) is 11.0. The Morgan fingerprint density at radius 1 is 1.32 bits per heavy atom. The molecule has 0 atom stereocenters. The Morgan fingerprint density at radius 3 is 2.74 bits per heavy atom. The summed E-state index contributed by atoms with van der Waals surface area (Å²) in [6.07, 6.45) is 3.48. The fraction of sp³-hybridized carbons (Fsp3) is 0.308. The molecule has 1 heterocycles. The highest BCUT2D eigenvalue weighted by Gasteiger charge is 2.13. The van der Waals surface area contributed by atoms with Crippen molar-refractivity contribution in [3.8, 4) is 5.69 Å². The minimum absolute atomic E-state index is 0.375. The molecular formula is C13H13Cl2N3O. The van der Waals surface area contributed by atoms with E-state index < -0.39 is 0 Å². The number of carbonyl (C=O) groups excluding carboxylic acids is 1. The van der Waals surface area contributed by atoms with Crippen LogP contribution in [0.25, 0.3) is 5.69 Å². The van der Waals surface area contributed by atoms with Gasteiger partial charge in [-0.15, -0.1) is 5.10 Å². The summed E-state index contributed by atoms with van der Waals surface area (Å²) in [5.74, 6) is 0. The smallest absolute Gasteiger partial charge is 0.172 e. The van der Waals surface area contributed by atoms with Crippen LogP contribution >= 0.6 is 23.2 Å². The van der Waals surface area contributed by atoms with E-state index in [4.69, 9.17) is 23.2 Å². The number of hydrogen-bond donors (Lipinski definition) is 0. The summed E-state index contributed by atoms with van der Waals surface area (Å²) in [7, 11) is 0. The van der Waals surface area contributed by atoms with E-state index in [9.17, 15) is 4.79 Å². The van der Waals surface area contributed by atoms with Crippen molar-refractivity contribution >= 4 is 29.5 Å². The maximum atomic E-state index is 11.0. The number of carbonyl (C=O) groups is 1. The Hall–Kier alpha value is -1.39. The van der Waals surface area contributed by atoms with Gasteiger partial charge < -0.3 is 0 Å². The van der Waals surface area contributed by atoms with Crippen molar-refractivity contribution in [1.29, 1.82) is 0 Å². The van der Waals surface area contributed by atoms with E-state index in [0.29, 0.717) is 15.7 Å². The lowest BCUT2D eigenvalue weighted by Crippen LogP contribution is -2.04. The van der Waals surface area contributed by atoms with Gasteiger partial charge in [-0.3, -0.25) is 4.79 Å². The molecule has 6 heteroatoms. The Balaban J connectivity index is 2.45. The number of hydrogen-bond acceptors (Lipinski definition) is 3. The molecule has 0 aliphatic rings. The van der Waals surface area contributed by atoms with Crippen molar-refractivity contribution in [3.05, 3.63) is 39.6 Å². The summed E-state index contributed by atoms with van der Waals surface area (Å²) < 4.78 is 1.64. The summed E-state index contributed by atoms with van der Waals surface area (Å²) >= 11 is 11.9. The van der Waals surface area contributed by atoms with E-state index in [-0.39, 0.29) is 0 Å². The fourth-order valence-corrected chi connectivity index (χ4v) is 2.10. The van der Waals surface area contributed by atoms with Gasteiger partial charge in [-0.25, -0.2) is 4.68 Å². The SMILES string of the molecule is CCCCc1c(C=O)nnn1-c1ccc(Cl)c(Cl)c1. The molecule has 0 spiro atoms. The number of rotatable bonds is 5. The second-order valence-corrected chi connectivity index (χ2v) is 4.97. The number of nitrogens with zero attached hydrogens (tertiary/aromatic N) is 3. The van der Waals surface area contributed by atoms with Gasteiger partial charge in [0.1, 0.15) is 5.69 Å². The molecule has 0 fully saturated rings. The third-order valence-electron chi connectivity index (χ3n) is 2.82. The first-order valence-electron chi connectivity index (χ1n) is 6.02. The second kappa shape index (κ2) is 6.17. The lowest BCUT2D eigenvalue weighted by Gasteiger charge is -2.07. The summed E-state index contributed by atoms with van der Waals surface area (Å²) in [5, 5.41) is 8.83. The van der Waals surface area contributed by atoms with Gasteiger partial charge >= 0.3 is 0 Å². The molecule has 0 saturated heterocycles. The Labute approximate surface area is 121 Å². The highest BCUT2D eigenvalue weighted by atomic mass is 35.5. The number of halogens is 2. The monoisotopic (exact) mass is 297 g/mol. The van der Waals surface area contributed by atoms with Crippen LogP contribution in [0.15, 0.2) is 18.2 Å². The lowest BCUT2D eigenvalue weighted by molar-refractivity contribution is 0.111. The molecule has 4 nitrogen and oxygen atoms in total. The zero-order chi connectivity index (χ0) is 13.8. The zero-order valence-electron chi connectivity index (χ0n) is 10.4. The van der Waals surface area contributed by atoms with Crippen LogP contribution in [0, 0.1) is 0 Å². The third kappa shape index (κ3) is 2.96. The number of unbranched alkanes of at least 4 members (excludes halogenated alkanes) is 1. The molecule has 0 saturated carbocycles. The summed E-state index contributed by atoms with van der Waals surface area (Å²) in [6.45, 7) is 2.09. The average molecular weight is 298 g/mol. The number of benzene rings is 1. The molecule has 0 unspecified atom stereocenters. The lowest BCUT2D eigenvalue weighted by atomic mass is 10.1. The van der Waals surface area contributed by atoms with E-state index >= 15 is 0 Å². The maximum absolute atomic E-state index is 11.0. The molecule has 100 valence electrons. The molecule has 0 bridgehead atoms. The van der Waals surface area contributed by atoms with Gasteiger partial charge in [0.05, 0.1) is 21.4 Å². The molecule has 1 aromatic carbocycles. The van der Waals surface area contributed by atoms with E-state index in [1.54, 1.807) is 22.9 Å². The van der Waals surface area contributed by atoms with Crippen molar-refractivity contribution < 1.29 is 4.79 Å². The van der Waals surface area contributed by atoms with Crippen LogP contribution in [0.5, 0.6) is 0 Å². The van der Waals surface area contributed by atoms with Crippen molar-refractivity contribution in [2.45, 2.75) is 26.2 Å². The van der Waals surface area contributed by atoms with Crippen molar-refractivity contribution in [3.63, 3.8) is 0 Å². The first-order chi connectivity index (χ1) is 9.17. The van der Waals surface area contributed by atoms with E-state index in [1.807, 2.05) is 0 Å². The molecule has 19 heavy (non-hydrogen) atoms. The third-order valence-corrected chi connectivity index (χ3v) is 3.56. The molecule has 0 N–H and O–H groups in total. The minimum Gasteiger partial charge on any atom is -0.296 e. The van der Waals surface area contributed by atoms with Crippen LogP contribution in [-0.4, -0.2) is 21.3 Å². The Morgan fingerprint density at radius 2 is 2.11 bits per heavy atom. The second-order valence-electron chi connectivity index (χ2n) is 4.15. The van der Waals surface area contributed by atoms with E-state index in [2.05, 4.69) is 17.2 Å². The quantitative estimate of drug-likeness (QED) is 0.790. The molecule has 1 aromatic heterocycles. The van der Waals surface area contributed by atoms with Gasteiger partial charge in [0, 0.05) is 0 Å². The fourth-order valence-electron chi connectivity index (χ4n) is 1.81. The molecule has 0 radical (unpaired) electrons. The zero-order valence-corrected chi connectivity index (χ0v) is 11.9. The molecule has 0 amide bonds. The van der Waals surface area contributed by atoms with Gasteiger partial charge in [0.25, 0.3) is 0 Å². The maximum Gasteiger partial charge on any atom is 0.172 e. The van der Waals surface area contributed by atoms with Crippen LogP contribution in [-0.2, 0) is 6.42 Å². The van der Waals surface area contributed by atoms with Gasteiger partial charge in [-0.1, -0.05) is 41.8 Å². The first-order valence-corrected chi connectivity index (χ1v) is 6.78. The largest absolute Gasteiger partial charge is 0.296 e. The standard InChI is InChI=1S/C13H13Cl2N3O/c1-2-3-4-13-12(8-19)16-17-18(13)9-5-6-10(14)11(15)7-9/h5-8H,2-4H2,1H3. The minimum atomic E-state index is 0.375. The topological polar surface area (TPSA) is 47.8 Å². The van der Waals surface area contributed by atoms with Gasteiger partial charge in [-0.05, 0) is 31.0 Å². The molecule has 0 aliphatic carbocycles. The molecular weight excluding hydrogens is 285 g/mol. The molecule has 2 aromatic rings. The van der Waals surface area contributed by atoms with Crippen molar-refractivity contribution in [2.75, 3.05) is 0 Å². The summed E-state index contributed by atoms with van der Waals surface area (Å²) in [6, 6.07) is 5.21. The van der Waals surface area contributed by atoms with Crippen LogP contribution in [0.3, 0.4) is 0 Å². The van der Waals surface area contributed by atoms with Crippen LogP contribution in [0.2, 0.25) is 10.0 Å². The number of aldehydes is 1. The Bertz CT molecular complexity index is 596. The summed E-state index contributed by atoms with van der Waals surface area (Å²) in [5.41, 5.74) is 1.93. The predicted octanol–water partition coefficient (Wildman–Crippen LogP) is 3.73. The van der Waals surface area contributed by atoms with E-state index in [1.165, 1.54) is 0 Å². The highest BCUT2D eigenvalue weighted by Crippen LogP contribution is 2.25. The van der Waals surface area contributed by atoms with Gasteiger partial charge in [0.2, 0.25) is 0 Å². The normalized spacial score (nSPS) is 10.7. The average Bonchev–Trinajstić information content (AvgIpc) is 2.82. The van der Waals surface area contributed by atoms with Gasteiger partial charge in [0.15, 0.2) is 6.29 Å². The van der Waals surface area contributed by atoms with Gasteiger partial charge in [-0.2, -0.15) is 0 Å². The van der Waals surface area contributed by atoms with Crippen LogP contribution < -0.4 is 0 Å². The first kappa shape index (κ1) is 14.0. The van der Waals surface area contributed by atoms with Crippen molar-refractivity contribution in [1.82, 2.24) is 15.0 Å². The van der Waals surface area contributed by atoms with Crippen molar-refractivity contribution in [2.24, 2.45) is 0 Å². The molecule has 0 aliphatic heterocycles. The van der Waals surface area contributed by atoms with Crippen LogP contribution in [0.4, 0.5) is 0 Å². The predicted molar refractivity (Wildman–Crippen MR) is 75.4 cm³/mol. The van der Waals surface area contributed by atoms with E-state index in [0.717, 1.165) is 36.9 Å². The molecule has 2 rings (SSSR count). The number of aromatic nitrogens is 3.